The minimum absolute atomic E-state index is 0.110. The molecule has 0 aliphatic rings. The van der Waals surface area contributed by atoms with E-state index in [1.165, 1.54) is 0 Å². The summed E-state index contributed by atoms with van der Waals surface area (Å²) in [5.74, 6) is 0. The van der Waals surface area contributed by atoms with E-state index in [2.05, 4.69) is 0 Å². The summed E-state index contributed by atoms with van der Waals surface area (Å²) >= 11 is 0. The topological polar surface area (TPSA) is 34.1 Å². The molecule has 0 atom stereocenters. The largest absolute Gasteiger partial charge is 0.275 e. The van der Waals surface area contributed by atoms with Crippen LogP contribution in [0.3, 0.4) is 0 Å². The summed E-state index contributed by atoms with van der Waals surface area (Å²) in [7, 11) is 0.221. The molecule has 0 aromatic heterocycles. The van der Waals surface area contributed by atoms with E-state index in [-0.39, 0.29) is 16.9 Å². The van der Waals surface area contributed by atoms with Gasteiger partial charge >= 0.3 is 0 Å². The van der Waals surface area contributed by atoms with E-state index in [0.29, 0.717) is 12.3 Å². The summed E-state index contributed by atoms with van der Waals surface area (Å²) in [6, 6.07) is 7.61. The molecule has 4 heteroatoms. The predicted molar refractivity (Wildman–Crippen MR) is 49.1 cm³/mol. The number of benzene rings is 1. The van der Waals surface area contributed by atoms with Crippen LogP contribution in [0.2, 0.25) is 0 Å². The van der Waals surface area contributed by atoms with Crippen LogP contribution in [0.4, 0.5) is 0 Å². The quantitative estimate of drug-likeness (QED) is 0.695. The van der Waals surface area contributed by atoms with Gasteiger partial charge in [0.25, 0.3) is 0 Å². The Hall–Kier alpha value is -0.580. The highest BCUT2D eigenvalue weighted by molar-refractivity contribution is 7.23. The molecule has 0 saturated carbocycles. The fourth-order valence-electron chi connectivity index (χ4n) is 1.01. The first kappa shape index (κ1) is 9.51. The molecule has 0 aliphatic heterocycles. The average Bonchev–Trinajstić information content (AvgIpc) is 2.09. The summed E-state index contributed by atoms with van der Waals surface area (Å²) in [6.07, 6.45) is 1.01. The molecule has 0 saturated heterocycles. The van der Waals surface area contributed by atoms with Crippen LogP contribution in [0, 0.1) is 0 Å². The van der Waals surface area contributed by atoms with Gasteiger partial charge in [0.1, 0.15) is 0 Å². The molecule has 0 aliphatic carbocycles. The molecular weight excluding hydrogens is 190 g/mol. The van der Waals surface area contributed by atoms with Crippen LogP contribution in [0.5, 0.6) is 0 Å². The maximum atomic E-state index is 10.3. The SMILES string of the molecule is O=PCc1ccccc1CP=O. The standard InChI is InChI=1S/C8H8O2P2/c9-11-5-7-3-1-2-4-8(7)6-12-10/h1-4H,5-6H2. The first-order valence-electron chi connectivity index (χ1n) is 3.53. The normalized spacial score (nSPS) is 10.7. The summed E-state index contributed by atoms with van der Waals surface area (Å²) < 4.78 is 20.7. The van der Waals surface area contributed by atoms with Crippen molar-refractivity contribution in [1.82, 2.24) is 0 Å². The van der Waals surface area contributed by atoms with Crippen LogP contribution in [-0.2, 0) is 21.5 Å². The van der Waals surface area contributed by atoms with Crippen molar-refractivity contribution < 1.29 is 9.13 Å². The molecule has 1 aromatic rings. The van der Waals surface area contributed by atoms with Crippen molar-refractivity contribution in [3.05, 3.63) is 35.4 Å². The molecule has 0 N–H and O–H groups in total. The van der Waals surface area contributed by atoms with Crippen LogP contribution < -0.4 is 0 Å². The van der Waals surface area contributed by atoms with Crippen molar-refractivity contribution in [2.45, 2.75) is 12.3 Å². The van der Waals surface area contributed by atoms with Crippen LogP contribution >= 0.6 is 16.9 Å². The fourth-order valence-corrected chi connectivity index (χ4v) is 1.90. The Morgan fingerprint density at radius 2 is 1.33 bits per heavy atom. The Balaban J connectivity index is 2.90. The summed E-state index contributed by atoms with van der Waals surface area (Å²) in [4.78, 5) is 0. The molecule has 1 aromatic carbocycles. The molecule has 0 radical (unpaired) electrons. The lowest BCUT2D eigenvalue weighted by Gasteiger charge is -2.00. The second kappa shape index (κ2) is 5.13. The predicted octanol–water partition coefficient (Wildman–Crippen LogP) is 3.27. The number of rotatable bonds is 4. The lowest BCUT2D eigenvalue weighted by atomic mass is 10.1. The van der Waals surface area contributed by atoms with E-state index in [4.69, 9.17) is 0 Å². The molecule has 1 rings (SSSR count). The van der Waals surface area contributed by atoms with Crippen molar-refractivity contribution in [3.63, 3.8) is 0 Å². The Bertz CT molecular complexity index is 257. The molecule has 0 spiro atoms. The Kier molecular flexibility index (Phi) is 4.07. The van der Waals surface area contributed by atoms with Gasteiger partial charge in [-0.1, -0.05) is 24.3 Å². The maximum Gasteiger partial charge on any atom is 0.160 e. The Labute approximate surface area is 74.4 Å². The van der Waals surface area contributed by atoms with Gasteiger partial charge in [0, 0.05) is 0 Å². The van der Waals surface area contributed by atoms with E-state index in [9.17, 15) is 9.13 Å². The van der Waals surface area contributed by atoms with E-state index < -0.39 is 0 Å². The second-order valence-corrected chi connectivity index (χ2v) is 3.49. The van der Waals surface area contributed by atoms with Crippen LogP contribution in [-0.4, -0.2) is 0 Å². The highest BCUT2D eigenvalue weighted by Crippen LogP contribution is 2.18. The van der Waals surface area contributed by atoms with Gasteiger partial charge in [-0.15, -0.1) is 0 Å². The first-order chi connectivity index (χ1) is 5.88. The van der Waals surface area contributed by atoms with Crippen molar-refractivity contribution in [1.29, 1.82) is 0 Å². The minimum atomic E-state index is 0.110. The Morgan fingerprint density at radius 1 is 0.917 bits per heavy atom. The van der Waals surface area contributed by atoms with Gasteiger partial charge in [0.2, 0.25) is 0 Å². The van der Waals surface area contributed by atoms with Crippen molar-refractivity contribution in [2.75, 3.05) is 0 Å². The number of hydrogen-bond donors (Lipinski definition) is 0. The second-order valence-electron chi connectivity index (χ2n) is 2.34. The minimum Gasteiger partial charge on any atom is -0.275 e. The zero-order valence-electron chi connectivity index (χ0n) is 6.43. The molecule has 0 fully saturated rings. The molecule has 0 unspecified atom stereocenters. The molecular formula is C8H8O2P2. The van der Waals surface area contributed by atoms with Gasteiger partial charge in [-0.3, -0.25) is 9.13 Å². The molecule has 0 amide bonds. The lowest BCUT2D eigenvalue weighted by molar-refractivity contribution is 0.596. The molecule has 12 heavy (non-hydrogen) atoms. The van der Waals surface area contributed by atoms with Crippen LogP contribution in [0.1, 0.15) is 11.1 Å². The van der Waals surface area contributed by atoms with Gasteiger partial charge in [-0.25, -0.2) is 0 Å². The van der Waals surface area contributed by atoms with E-state index >= 15 is 0 Å². The first-order valence-corrected chi connectivity index (χ1v) is 5.53. The summed E-state index contributed by atoms with van der Waals surface area (Å²) in [6.45, 7) is 0. The van der Waals surface area contributed by atoms with Gasteiger partial charge < -0.3 is 0 Å². The van der Waals surface area contributed by atoms with Gasteiger partial charge in [0.15, 0.2) is 16.9 Å². The molecule has 2 nitrogen and oxygen atoms in total. The average molecular weight is 198 g/mol. The van der Waals surface area contributed by atoms with Crippen molar-refractivity contribution in [2.24, 2.45) is 0 Å². The summed E-state index contributed by atoms with van der Waals surface area (Å²) in [5.41, 5.74) is 2.02. The van der Waals surface area contributed by atoms with E-state index in [0.717, 1.165) is 11.1 Å². The Morgan fingerprint density at radius 3 is 1.67 bits per heavy atom. The van der Waals surface area contributed by atoms with Gasteiger partial charge in [-0.2, -0.15) is 0 Å². The van der Waals surface area contributed by atoms with Crippen LogP contribution in [0.25, 0.3) is 0 Å². The molecule has 0 bridgehead atoms. The zero-order chi connectivity index (χ0) is 8.81. The third-order valence-corrected chi connectivity index (χ3v) is 2.53. The van der Waals surface area contributed by atoms with E-state index in [1.807, 2.05) is 24.3 Å². The highest BCUT2D eigenvalue weighted by atomic mass is 31.1. The zero-order valence-corrected chi connectivity index (χ0v) is 8.22. The third-order valence-electron chi connectivity index (χ3n) is 1.59. The molecule has 62 valence electrons. The maximum absolute atomic E-state index is 10.3. The number of hydrogen-bond acceptors (Lipinski definition) is 2. The van der Waals surface area contributed by atoms with Gasteiger partial charge in [0.05, 0.1) is 12.3 Å². The third kappa shape index (κ3) is 2.48. The smallest absolute Gasteiger partial charge is 0.160 e. The monoisotopic (exact) mass is 198 g/mol. The van der Waals surface area contributed by atoms with Crippen LogP contribution in [0.15, 0.2) is 24.3 Å². The lowest BCUT2D eigenvalue weighted by Crippen LogP contribution is -1.85. The van der Waals surface area contributed by atoms with Crippen molar-refractivity contribution >= 4 is 16.9 Å². The molecule has 0 heterocycles. The highest BCUT2D eigenvalue weighted by Gasteiger charge is 1.99. The summed E-state index contributed by atoms with van der Waals surface area (Å²) in [5, 5.41) is 0. The fraction of sp³-hybridized carbons (Fsp3) is 0.250. The van der Waals surface area contributed by atoms with E-state index in [1.54, 1.807) is 0 Å². The van der Waals surface area contributed by atoms with Gasteiger partial charge in [-0.05, 0) is 11.1 Å². The van der Waals surface area contributed by atoms with Crippen molar-refractivity contribution in [3.8, 4) is 0 Å².